The van der Waals surface area contributed by atoms with Crippen molar-refractivity contribution in [3.8, 4) is 0 Å². The van der Waals surface area contributed by atoms with Crippen molar-refractivity contribution >= 4 is 39.0 Å². The Labute approximate surface area is 168 Å². The average molecular weight is 419 g/mol. The van der Waals surface area contributed by atoms with Gasteiger partial charge in [0, 0.05) is 6.54 Å². The van der Waals surface area contributed by atoms with Crippen LogP contribution in [0.4, 0.5) is 0 Å². The monoisotopic (exact) mass is 418 g/mol. The third-order valence-electron chi connectivity index (χ3n) is 4.64. The summed E-state index contributed by atoms with van der Waals surface area (Å²) in [5, 5.41) is 5.00. The van der Waals surface area contributed by atoms with E-state index in [9.17, 15) is 18.0 Å². The van der Waals surface area contributed by atoms with Crippen LogP contribution in [0.15, 0.2) is 52.4 Å². The van der Waals surface area contributed by atoms with Gasteiger partial charge in [-0.25, -0.2) is 13.6 Å². The van der Waals surface area contributed by atoms with Crippen LogP contribution >= 0.6 is 11.6 Å². The van der Waals surface area contributed by atoms with Gasteiger partial charge in [-0.3, -0.25) is 14.5 Å². The Bertz CT molecular complexity index is 1110. The minimum Gasteiger partial charge on any atom is -0.273 e. The molecule has 1 aliphatic heterocycles. The summed E-state index contributed by atoms with van der Waals surface area (Å²) in [4.78, 5) is 26.5. The van der Waals surface area contributed by atoms with Crippen molar-refractivity contribution in [2.45, 2.75) is 25.2 Å². The number of imide groups is 1. The van der Waals surface area contributed by atoms with E-state index in [0.717, 1.165) is 21.6 Å². The van der Waals surface area contributed by atoms with E-state index < -0.39 is 21.8 Å². The Morgan fingerprint density at radius 1 is 1.00 bits per heavy atom. The summed E-state index contributed by atoms with van der Waals surface area (Å²) in [6.07, 6.45) is 0.368. The fourth-order valence-electron chi connectivity index (χ4n) is 3.16. The van der Waals surface area contributed by atoms with Crippen LogP contribution in [0.1, 0.15) is 22.3 Å². The molecule has 0 fully saturated rings. The minimum atomic E-state index is -3.76. The summed E-state index contributed by atoms with van der Waals surface area (Å²) in [7, 11) is -3.76. The smallest absolute Gasteiger partial charge is 0.273 e. The first kappa shape index (κ1) is 20.3. The van der Waals surface area contributed by atoms with Crippen molar-refractivity contribution in [3.63, 3.8) is 0 Å². The number of nitrogens with zero attached hydrogens (tertiary/aromatic N) is 1. The van der Waals surface area contributed by atoms with Crippen LogP contribution < -0.4 is 5.14 Å². The molecule has 8 heteroatoms. The maximum atomic E-state index is 12.8. The molecule has 2 aromatic rings. The first-order chi connectivity index (χ1) is 13.1. The fraction of sp³-hybridized carbons (Fsp3) is 0.200. The fourth-order valence-corrected chi connectivity index (χ4v) is 3.96. The van der Waals surface area contributed by atoms with Gasteiger partial charge in [0.05, 0.1) is 10.5 Å². The van der Waals surface area contributed by atoms with E-state index in [-0.39, 0.29) is 22.0 Å². The molecule has 6 nitrogen and oxygen atoms in total. The van der Waals surface area contributed by atoms with E-state index in [2.05, 4.69) is 0 Å². The number of carbonyl (C=O) groups excluding carboxylic acids is 2. The quantitative estimate of drug-likeness (QED) is 0.754. The number of nitrogens with two attached hydrogens (primary N) is 1. The predicted molar refractivity (Wildman–Crippen MR) is 107 cm³/mol. The van der Waals surface area contributed by atoms with Crippen LogP contribution in [0.5, 0.6) is 0 Å². The van der Waals surface area contributed by atoms with E-state index in [1.807, 2.05) is 26.0 Å². The second-order valence-electron chi connectivity index (χ2n) is 6.71. The van der Waals surface area contributed by atoms with Crippen molar-refractivity contribution in [2.24, 2.45) is 5.14 Å². The summed E-state index contributed by atoms with van der Waals surface area (Å²) in [5.41, 5.74) is 3.55. The van der Waals surface area contributed by atoms with Crippen molar-refractivity contribution in [1.82, 2.24) is 4.90 Å². The van der Waals surface area contributed by atoms with Gasteiger partial charge in [-0.15, -0.1) is 0 Å². The number of carbonyl (C=O) groups is 2. The molecule has 0 bridgehead atoms. The topological polar surface area (TPSA) is 97.5 Å². The Balaban J connectivity index is 1.78. The summed E-state index contributed by atoms with van der Waals surface area (Å²) in [5.74, 6) is -0.953. The number of primary sulfonamides is 1. The van der Waals surface area contributed by atoms with Crippen molar-refractivity contribution in [1.29, 1.82) is 0 Å². The molecule has 0 atom stereocenters. The van der Waals surface area contributed by atoms with Gasteiger partial charge in [0.2, 0.25) is 10.0 Å². The largest absolute Gasteiger partial charge is 0.273 e. The maximum absolute atomic E-state index is 12.8. The summed E-state index contributed by atoms with van der Waals surface area (Å²) in [6, 6.07) is 11.6. The molecule has 2 aromatic carbocycles. The Morgan fingerprint density at radius 3 is 2.21 bits per heavy atom. The number of sulfonamides is 1. The van der Waals surface area contributed by atoms with Gasteiger partial charge in [0.1, 0.15) is 5.03 Å². The Hall–Kier alpha value is -2.48. The molecule has 3 rings (SSSR count). The molecular formula is C20H19ClN2O4S. The number of hydrogen-bond donors (Lipinski definition) is 1. The number of hydrogen-bond acceptors (Lipinski definition) is 4. The zero-order chi connectivity index (χ0) is 20.6. The average Bonchev–Trinajstić information content (AvgIpc) is 2.83. The molecule has 1 heterocycles. The number of halogens is 1. The van der Waals surface area contributed by atoms with Crippen molar-refractivity contribution in [2.75, 3.05) is 6.54 Å². The lowest BCUT2D eigenvalue weighted by atomic mass is 9.99. The zero-order valence-corrected chi connectivity index (χ0v) is 17.0. The molecular weight excluding hydrogens is 400 g/mol. The van der Waals surface area contributed by atoms with Gasteiger partial charge in [-0.05, 0) is 49.1 Å². The molecule has 0 saturated heterocycles. The molecule has 2 amide bonds. The highest BCUT2D eigenvalue weighted by Gasteiger charge is 2.38. The Morgan fingerprint density at radius 2 is 1.64 bits per heavy atom. The molecule has 0 aliphatic carbocycles. The summed E-state index contributed by atoms with van der Waals surface area (Å²) >= 11 is 6.20. The third-order valence-corrected chi connectivity index (χ3v) is 5.92. The van der Waals surface area contributed by atoms with Crippen molar-refractivity contribution in [3.05, 3.63) is 69.8 Å². The molecule has 0 spiro atoms. The van der Waals surface area contributed by atoms with E-state index in [1.165, 1.54) is 12.1 Å². The Kier molecular flexibility index (Phi) is 5.43. The second-order valence-corrected chi connectivity index (χ2v) is 8.65. The van der Waals surface area contributed by atoms with E-state index in [1.54, 1.807) is 18.2 Å². The molecule has 0 unspecified atom stereocenters. The normalized spacial score (nSPS) is 14.9. The van der Waals surface area contributed by atoms with Crippen LogP contribution in [0.25, 0.3) is 5.57 Å². The van der Waals surface area contributed by atoms with E-state index in [4.69, 9.17) is 16.7 Å². The minimum absolute atomic E-state index is 0.00594. The van der Waals surface area contributed by atoms with Gasteiger partial charge in [0.25, 0.3) is 11.8 Å². The number of aryl methyl sites for hydroxylation is 2. The molecule has 0 aromatic heterocycles. The molecule has 0 radical (unpaired) electrons. The van der Waals surface area contributed by atoms with Gasteiger partial charge in [-0.1, -0.05) is 47.5 Å². The molecule has 2 N–H and O–H groups in total. The number of rotatable bonds is 5. The molecule has 146 valence electrons. The molecule has 28 heavy (non-hydrogen) atoms. The SMILES string of the molecule is Cc1ccc(C2=C(Cl)C(=O)N(CCc3ccc(S(N)(=O)=O)cc3)C2=O)c(C)c1. The van der Waals surface area contributed by atoms with E-state index in [0.29, 0.717) is 12.0 Å². The van der Waals surface area contributed by atoms with Crippen LogP contribution in [-0.2, 0) is 26.0 Å². The number of benzene rings is 2. The number of amides is 2. The van der Waals surface area contributed by atoms with Crippen LogP contribution in [-0.4, -0.2) is 31.7 Å². The predicted octanol–water partition coefficient (Wildman–Crippen LogP) is 2.51. The second kappa shape index (κ2) is 7.50. The van der Waals surface area contributed by atoms with Crippen molar-refractivity contribution < 1.29 is 18.0 Å². The standard InChI is InChI=1S/C20H19ClN2O4S/c1-12-3-8-16(13(2)11-12)17-18(21)20(25)23(19(17)24)10-9-14-4-6-15(7-5-14)28(22,26)27/h3-8,11H,9-10H2,1-2H3,(H2,22,26,27). The molecule has 0 saturated carbocycles. The maximum Gasteiger partial charge on any atom is 0.273 e. The van der Waals surface area contributed by atoms with Crippen LogP contribution in [0, 0.1) is 13.8 Å². The highest BCUT2D eigenvalue weighted by molar-refractivity contribution is 7.89. The third kappa shape index (κ3) is 3.87. The van der Waals surface area contributed by atoms with Crippen LogP contribution in [0.2, 0.25) is 0 Å². The van der Waals surface area contributed by atoms with Gasteiger partial charge in [0.15, 0.2) is 0 Å². The first-order valence-corrected chi connectivity index (χ1v) is 10.5. The lowest BCUT2D eigenvalue weighted by molar-refractivity contribution is -0.136. The lowest BCUT2D eigenvalue weighted by Crippen LogP contribution is -2.33. The lowest BCUT2D eigenvalue weighted by Gasteiger charge is -2.15. The van der Waals surface area contributed by atoms with Gasteiger partial charge >= 0.3 is 0 Å². The van der Waals surface area contributed by atoms with Gasteiger partial charge in [-0.2, -0.15) is 0 Å². The zero-order valence-electron chi connectivity index (χ0n) is 15.4. The highest BCUT2D eigenvalue weighted by atomic mass is 35.5. The molecule has 1 aliphatic rings. The van der Waals surface area contributed by atoms with Gasteiger partial charge < -0.3 is 0 Å². The highest BCUT2D eigenvalue weighted by Crippen LogP contribution is 2.33. The van der Waals surface area contributed by atoms with Crippen LogP contribution in [0.3, 0.4) is 0 Å². The summed E-state index contributed by atoms with van der Waals surface area (Å²) in [6.45, 7) is 3.95. The van der Waals surface area contributed by atoms with E-state index >= 15 is 0 Å². The summed E-state index contributed by atoms with van der Waals surface area (Å²) < 4.78 is 22.6. The first-order valence-electron chi connectivity index (χ1n) is 8.55.